The molecular formula is C22H24ClN3O2. The van der Waals surface area contributed by atoms with E-state index in [0.29, 0.717) is 23.8 Å². The van der Waals surface area contributed by atoms with Crippen LogP contribution in [0.2, 0.25) is 5.02 Å². The Bertz CT molecular complexity index is 966. The van der Waals surface area contributed by atoms with Crippen LogP contribution in [0.5, 0.6) is 0 Å². The standard InChI is InChI=1S/C22H24ClN3O2/c1-4-28-14-16-7-5-9-18(11-16)25-22(27)20-13-24-26(21(20)15(2)3)19-10-6-8-17(23)12-19/h5-13,15H,4,14H2,1-3H3,(H,25,27). The Kier molecular flexibility index (Phi) is 6.49. The molecule has 0 spiro atoms. The lowest BCUT2D eigenvalue weighted by Gasteiger charge is -2.13. The molecule has 0 saturated carbocycles. The summed E-state index contributed by atoms with van der Waals surface area (Å²) in [7, 11) is 0. The molecule has 5 nitrogen and oxygen atoms in total. The number of nitrogens with one attached hydrogen (secondary N) is 1. The number of hydrogen-bond acceptors (Lipinski definition) is 3. The summed E-state index contributed by atoms with van der Waals surface area (Å²) in [6.45, 7) is 7.20. The SMILES string of the molecule is CCOCc1cccc(NC(=O)c2cnn(-c3cccc(Cl)c3)c2C(C)C)c1. The molecule has 0 saturated heterocycles. The molecule has 2 aromatic carbocycles. The topological polar surface area (TPSA) is 56.1 Å². The second-order valence-corrected chi connectivity index (χ2v) is 7.22. The first-order valence-corrected chi connectivity index (χ1v) is 9.69. The van der Waals surface area contributed by atoms with Gasteiger partial charge in [0.05, 0.1) is 29.7 Å². The molecule has 0 radical (unpaired) electrons. The highest BCUT2D eigenvalue weighted by molar-refractivity contribution is 6.30. The fourth-order valence-corrected chi connectivity index (χ4v) is 3.24. The first-order valence-electron chi connectivity index (χ1n) is 9.31. The molecule has 0 bridgehead atoms. The number of anilines is 1. The summed E-state index contributed by atoms with van der Waals surface area (Å²) in [4.78, 5) is 13.0. The minimum Gasteiger partial charge on any atom is -0.377 e. The van der Waals surface area contributed by atoms with Gasteiger partial charge in [-0.3, -0.25) is 4.79 Å². The Morgan fingerprint density at radius 1 is 1.21 bits per heavy atom. The fraction of sp³-hybridized carbons (Fsp3) is 0.273. The normalized spacial score (nSPS) is 11.0. The molecule has 3 aromatic rings. The van der Waals surface area contributed by atoms with Gasteiger partial charge in [0, 0.05) is 17.3 Å². The maximum atomic E-state index is 13.0. The average molecular weight is 398 g/mol. The monoisotopic (exact) mass is 397 g/mol. The Labute approximate surface area is 170 Å². The van der Waals surface area contributed by atoms with E-state index in [2.05, 4.69) is 10.4 Å². The van der Waals surface area contributed by atoms with Crippen LogP contribution in [-0.4, -0.2) is 22.3 Å². The predicted molar refractivity (Wildman–Crippen MR) is 112 cm³/mol. The third-order valence-electron chi connectivity index (χ3n) is 4.31. The Hall–Kier alpha value is -2.63. The molecule has 146 valence electrons. The van der Waals surface area contributed by atoms with E-state index in [4.69, 9.17) is 16.3 Å². The van der Waals surface area contributed by atoms with Crippen molar-refractivity contribution in [3.05, 3.63) is 76.6 Å². The van der Waals surface area contributed by atoms with Gasteiger partial charge in [-0.1, -0.05) is 43.6 Å². The third kappa shape index (κ3) is 4.61. The molecule has 0 fully saturated rings. The molecule has 1 N–H and O–H groups in total. The van der Waals surface area contributed by atoms with Crippen molar-refractivity contribution in [2.24, 2.45) is 0 Å². The van der Waals surface area contributed by atoms with Crippen LogP contribution >= 0.6 is 11.6 Å². The van der Waals surface area contributed by atoms with Gasteiger partial charge in [-0.15, -0.1) is 0 Å². The highest BCUT2D eigenvalue weighted by Crippen LogP contribution is 2.25. The lowest BCUT2D eigenvalue weighted by atomic mass is 10.0. The summed E-state index contributed by atoms with van der Waals surface area (Å²) in [5.41, 5.74) is 3.95. The molecule has 0 unspecified atom stereocenters. The van der Waals surface area contributed by atoms with E-state index in [-0.39, 0.29) is 11.8 Å². The summed E-state index contributed by atoms with van der Waals surface area (Å²) in [5.74, 6) is -0.0861. The van der Waals surface area contributed by atoms with Crippen molar-refractivity contribution in [1.82, 2.24) is 9.78 Å². The summed E-state index contributed by atoms with van der Waals surface area (Å²) in [5, 5.41) is 8.04. The number of ether oxygens (including phenoxy) is 1. The summed E-state index contributed by atoms with van der Waals surface area (Å²) in [6, 6.07) is 15.1. The molecule has 28 heavy (non-hydrogen) atoms. The van der Waals surface area contributed by atoms with E-state index in [9.17, 15) is 4.79 Å². The highest BCUT2D eigenvalue weighted by Gasteiger charge is 2.21. The maximum absolute atomic E-state index is 13.0. The van der Waals surface area contributed by atoms with Gasteiger partial charge in [-0.25, -0.2) is 4.68 Å². The van der Waals surface area contributed by atoms with Gasteiger partial charge in [-0.05, 0) is 48.7 Å². The fourth-order valence-electron chi connectivity index (χ4n) is 3.06. The summed E-state index contributed by atoms with van der Waals surface area (Å²) >= 11 is 6.12. The second kappa shape index (κ2) is 9.04. The van der Waals surface area contributed by atoms with E-state index >= 15 is 0 Å². The molecule has 0 atom stereocenters. The molecule has 1 aromatic heterocycles. The molecular weight excluding hydrogens is 374 g/mol. The van der Waals surface area contributed by atoms with Crippen LogP contribution in [-0.2, 0) is 11.3 Å². The van der Waals surface area contributed by atoms with Gasteiger partial charge < -0.3 is 10.1 Å². The Morgan fingerprint density at radius 2 is 2.00 bits per heavy atom. The number of halogens is 1. The molecule has 0 aliphatic heterocycles. The van der Waals surface area contributed by atoms with Gasteiger partial charge >= 0.3 is 0 Å². The van der Waals surface area contributed by atoms with E-state index in [1.165, 1.54) is 0 Å². The van der Waals surface area contributed by atoms with E-state index in [1.807, 2.05) is 69.3 Å². The van der Waals surface area contributed by atoms with Crippen LogP contribution < -0.4 is 5.32 Å². The molecule has 3 rings (SSSR count). The number of hydrogen-bond donors (Lipinski definition) is 1. The Balaban J connectivity index is 1.88. The number of nitrogens with zero attached hydrogens (tertiary/aromatic N) is 2. The Morgan fingerprint density at radius 3 is 2.71 bits per heavy atom. The number of amides is 1. The molecule has 0 aliphatic carbocycles. The van der Waals surface area contributed by atoms with Gasteiger partial charge in [0.25, 0.3) is 5.91 Å². The van der Waals surface area contributed by atoms with Gasteiger partial charge in [0.2, 0.25) is 0 Å². The minimum absolute atomic E-state index is 0.103. The van der Waals surface area contributed by atoms with Crippen molar-refractivity contribution in [3.63, 3.8) is 0 Å². The zero-order valence-electron chi connectivity index (χ0n) is 16.3. The number of carbonyl (C=O) groups excluding carboxylic acids is 1. The minimum atomic E-state index is -0.189. The number of carbonyl (C=O) groups is 1. The van der Waals surface area contributed by atoms with Crippen LogP contribution in [0.3, 0.4) is 0 Å². The smallest absolute Gasteiger partial charge is 0.259 e. The van der Waals surface area contributed by atoms with Crippen molar-refractivity contribution >= 4 is 23.2 Å². The first-order chi connectivity index (χ1) is 13.5. The van der Waals surface area contributed by atoms with E-state index in [0.717, 1.165) is 22.6 Å². The average Bonchev–Trinajstić information content (AvgIpc) is 3.12. The highest BCUT2D eigenvalue weighted by atomic mass is 35.5. The van der Waals surface area contributed by atoms with Crippen molar-refractivity contribution in [2.75, 3.05) is 11.9 Å². The molecule has 1 heterocycles. The zero-order chi connectivity index (χ0) is 20.1. The summed E-state index contributed by atoms with van der Waals surface area (Å²) < 4.78 is 7.21. The lowest BCUT2D eigenvalue weighted by Crippen LogP contribution is -2.15. The van der Waals surface area contributed by atoms with Crippen molar-refractivity contribution in [2.45, 2.75) is 33.3 Å². The van der Waals surface area contributed by atoms with Gasteiger partial charge in [-0.2, -0.15) is 5.10 Å². The van der Waals surface area contributed by atoms with Crippen LogP contribution in [0.25, 0.3) is 5.69 Å². The maximum Gasteiger partial charge on any atom is 0.259 e. The van der Waals surface area contributed by atoms with Crippen molar-refractivity contribution in [1.29, 1.82) is 0 Å². The number of rotatable bonds is 7. The van der Waals surface area contributed by atoms with Crippen molar-refractivity contribution in [3.8, 4) is 5.69 Å². The lowest BCUT2D eigenvalue weighted by molar-refractivity contribution is 0.102. The van der Waals surface area contributed by atoms with Crippen LogP contribution in [0.4, 0.5) is 5.69 Å². The van der Waals surface area contributed by atoms with E-state index in [1.54, 1.807) is 10.9 Å². The third-order valence-corrected chi connectivity index (χ3v) is 4.54. The molecule has 1 amide bonds. The van der Waals surface area contributed by atoms with Crippen LogP contribution in [0.1, 0.15) is 48.3 Å². The summed E-state index contributed by atoms with van der Waals surface area (Å²) in [6.07, 6.45) is 1.61. The first kappa shape index (κ1) is 20.1. The number of benzene rings is 2. The quantitative estimate of drug-likeness (QED) is 0.577. The second-order valence-electron chi connectivity index (χ2n) is 6.78. The van der Waals surface area contributed by atoms with Gasteiger partial charge in [0.1, 0.15) is 0 Å². The van der Waals surface area contributed by atoms with E-state index < -0.39 is 0 Å². The molecule has 6 heteroatoms. The van der Waals surface area contributed by atoms with Crippen LogP contribution in [0, 0.1) is 0 Å². The number of aromatic nitrogens is 2. The van der Waals surface area contributed by atoms with Crippen molar-refractivity contribution < 1.29 is 9.53 Å². The zero-order valence-corrected chi connectivity index (χ0v) is 17.0. The van der Waals surface area contributed by atoms with Gasteiger partial charge in [0.15, 0.2) is 0 Å². The van der Waals surface area contributed by atoms with Crippen LogP contribution in [0.15, 0.2) is 54.7 Å². The predicted octanol–water partition coefficient (Wildman–Crippen LogP) is 5.44. The molecule has 0 aliphatic rings. The largest absolute Gasteiger partial charge is 0.377 e.